The van der Waals surface area contributed by atoms with E-state index in [9.17, 15) is 0 Å². The second-order valence-corrected chi connectivity index (χ2v) is 7.61. The van der Waals surface area contributed by atoms with Gasteiger partial charge >= 0.3 is 0 Å². The highest BCUT2D eigenvalue weighted by Gasteiger charge is 2.45. The maximum absolute atomic E-state index is 6.28. The molecule has 0 amide bonds. The van der Waals surface area contributed by atoms with Gasteiger partial charge in [-0.1, -0.05) is 20.8 Å². The summed E-state index contributed by atoms with van der Waals surface area (Å²) in [5.74, 6) is 0.727. The standard InChI is InChI=1S/C17H36N2O2/c1-15-11-16(2,3)13-17(12-15,14-18)19(8-10-21-5)7-6-9-20-4/h15H,6-14,18H2,1-5H3. The zero-order valence-electron chi connectivity index (χ0n) is 14.8. The van der Waals surface area contributed by atoms with Crippen molar-refractivity contribution in [1.29, 1.82) is 0 Å². The van der Waals surface area contributed by atoms with Crippen LogP contribution < -0.4 is 5.73 Å². The van der Waals surface area contributed by atoms with Gasteiger partial charge in [-0.2, -0.15) is 0 Å². The van der Waals surface area contributed by atoms with Gasteiger partial charge in [0.2, 0.25) is 0 Å². The van der Waals surface area contributed by atoms with Gasteiger partial charge in [-0.3, -0.25) is 4.90 Å². The molecule has 2 N–H and O–H groups in total. The molecule has 1 fully saturated rings. The summed E-state index contributed by atoms with van der Waals surface area (Å²) in [5, 5.41) is 0. The number of nitrogens with two attached hydrogens (primary N) is 1. The minimum Gasteiger partial charge on any atom is -0.385 e. The molecule has 0 aromatic heterocycles. The summed E-state index contributed by atoms with van der Waals surface area (Å²) in [5.41, 5.74) is 6.77. The Morgan fingerprint density at radius 3 is 2.29 bits per heavy atom. The second-order valence-electron chi connectivity index (χ2n) is 7.61. The molecular weight excluding hydrogens is 264 g/mol. The second kappa shape index (κ2) is 8.47. The molecule has 1 rings (SSSR count). The monoisotopic (exact) mass is 300 g/mol. The average molecular weight is 300 g/mol. The number of rotatable bonds is 9. The van der Waals surface area contributed by atoms with Gasteiger partial charge < -0.3 is 15.2 Å². The molecule has 126 valence electrons. The molecule has 0 bridgehead atoms. The van der Waals surface area contributed by atoms with Crippen LogP contribution >= 0.6 is 0 Å². The lowest BCUT2D eigenvalue weighted by Gasteiger charge is -2.53. The maximum Gasteiger partial charge on any atom is 0.0589 e. The van der Waals surface area contributed by atoms with Crippen LogP contribution in [-0.2, 0) is 9.47 Å². The fraction of sp³-hybridized carbons (Fsp3) is 1.00. The SMILES string of the molecule is COCCCN(CCOC)C1(CN)CC(C)CC(C)(C)C1. The molecule has 1 saturated carbocycles. The lowest BCUT2D eigenvalue weighted by molar-refractivity contribution is -0.0254. The fourth-order valence-corrected chi connectivity index (χ4v) is 4.41. The van der Waals surface area contributed by atoms with Crippen LogP contribution in [0.5, 0.6) is 0 Å². The van der Waals surface area contributed by atoms with Crippen LogP contribution in [0.4, 0.5) is 0 Å². The normalized spacial score (nSPS) is 29.0. The summed E-state index contributed by atoms with van der Waals surface area (Å²) < 4.78 is 10.5. The zero-order chi connectivity index (χ0) is 15.9. The van der Waals surface area contributed by atoms with E-state index in [2.05, 4.69) is 25.7 Å². The van der Waals surface area contributed by atoms with Crippen LogP contribution in [0.15, 0.2) is 0 Å². The number of ether oxygens (including phenoxy) is 2. The predicted molar refractivity (Wildman–Crippen MR) is 88.5 cm³/mol. The molecule has 4 heteroatoms. The summed E-state index contributed by atoms with van der Waals surface area (Å²) in [6.07, 6.45) is 4.73. The van der Waals surface area contributed by atoms with Crippen molar-refractivity contribution < 1.29 is 9.47 Å². The van der Waals surface area contributed by atoms with Crippen molar-refractivity contribution in [3.05, 3.63) is 0 Å². The number of hydrogen-bond acceptors (Lipinski definition) is 4. The van der Waals surface area contributed by atoms with Crippen LogP contribution in [0.3, 0.4) is 0 Å². The minimum atomic E-state index is 0.118. The first-order chi connectivity index (χ1) is 9.89. The van der Waals surface area contributed by atoms with Crippen LogP contribution in [-0.4, -0.2) is 57.5 Å². The molecule has 0 saturated heterocycles. The predicted octanol–water partition coefficient (Wildman–Crippen LogP) is 2.51. The van der Waals surface area contributed by atoms with Gasteiger partial charge in [0.25, 0.3) is 0 Å². The average Bonchev–Trinajstić information content (AvgIpc) is 2.40. The van der Waals surface area contributed by atoms with Gasteiger partial charge in [0.15, 0.2) is 0 Å². The highest BCUT2D eigenvalue weighted by molar-refractivity contribution is 5.01. The van der Waals surface area contributed by atoms with Crippen molar-refractivity contribution in [2.45, 2.75) is 52.0 Å². The van der Waals surface area contributed by atoms with Crippen molar-refractivity contribution in [2.24, 2.45) is 17.1 Å². The molecule has 0 aromatic carbocycles. The van der Waals surface area contributed by atoms with E-state index in [-0.39, 0.29) is 5.54 Å². The third kappa shape index (κ3) is 5.51. The van der Waals surface area contributed by atoms with E-state index >= 15 is 0 Å². The molecule has 0 aliphatic heterocycles. The molecule has 4 nitrogen and oxygen atoms in total. The molecule has 2 unspecified atom stereocenters. The Morgan fingerprint density at radius 2 is 1.76 bits per heavy atom. The Morgan fingerprint density at radius 1 is 1.10 bits per heavy atom. The summed E-state index contributed by atoms with van der Waals surface area (Å²) in [6, 6.07) is 0. The Labute approximate surface area is 131 Å². The lowest BCUT2D eigenvalue weighted by Crippen LogP contribution is -2.60. The Bertz CT molecular complexity index is 297. The molecule has 21 heavy (non-hydrogen) atoms. The Hall–Kier alpha value is -0.160. The van der Waals surface area contributed by atoms with E-state index in [0.29, 0.717) is 5.41 Å². The van der Waals surface area contributed by atoms with E-state index in [4.69, 9.17) is 15.2 Å². The summed E-state index contributed by atoms with van der Waals surface area (Å²) in [7, 11) is 3.54. The largest absolute Gasteiger partial charge is 0.385 e. The molecule has 1 aliphatic carbocycles. The van der Waals surface area contributed by atoms with Crippen molar-refractivity contribution in [3.8, 4) is 0 Å². The number of methoxy groups -OCH3 is 2. The lowest BCUT2D eigenvalue weighted by atomic mass is 9.63. The van der Waals surface area contributed by atoms with Crippen LogP contribution in [0.1, 0.15) is 46.5 Å². The van der Waals surface area contributed by atoms with Gasteiger partial charge in [-0.25, -0.2) is 0 Å². The van der Waals surface area contributed by atoms with Crippen molar-refractivity contribution >= 4 is 0 Å². The summed E-state index contributed by atoms with van der Waals surface area (Å²) >= 11 is 0. The van der Waals surface area contributed by atoms with Crippen molar-refractivity contribution in [3.63, 3.8) is 0 Å². The molecule has 0 spiro atoms. The molecule has 2 atom stereocenters. The van der Waals surface area contributed by atoms with Gasteiger partial charge in [-0.15, -0.1) is 0 Å². The molecule has 1 aliphatic rings. The van der Waals surface area contributed by atoms with Crippen molar-refractivity contribution in [2.75, 3.05) is 47.1 Å². The zero-order valence-corrected chi connectivity index (χ0v) is 14.8. The molecule has 0 heterocycles. The van der Waals surface area contributed by atoms with Crippen LogP contribution in [0.25, 0.3) is 0 Å². The third-order valence-corrected chi connectivity index (χ3v) is 4.83. The van der Waals surface area contributed by atoms with E-state index in [1.165, 1.54) is 19.3 Å². The minimum absolute atomic E-state index is 0.118. The molecule has 0 aromatic rings. The van der Waals surface area contributed by atoms with Gasteiger partial charge in [0.05, 0.1) is 6.61 Å². The first-order valence-electron chi connectivity index (χ1n) is 8.32. The highest BCUT2D eigenvalue weighted by Crippen LogP contribution is 2.46. The maximum atomic E-state index is 6.28. The Kier molecular flexibility index (Phi) is 7.62. The number of nitrogens with zero attached hydrogens (tertiary/aromatic N) is 1. The Balaban J connectivity index is 2.86. The molecule has 0 radical (unpaired) electrons. The van der Waals surface area contributed by atoms with E-state index < -0.39 is 0 Å². The van der Waals surface area contributed by atoms with Crippen molar-refractivity contribution in [1.82, 2.24) is 4.90 Å². The van der Waals surface area contributed by atoms with Crippen LogP contribution in [0.2, 0.25) is 0 Å². The van der Waals surface area contributed by atoms with E-state index in [1.807, 2.05) is 0 Å². The first kappa shape index (κ1) is 18.9. The number of hydrogen-bond donors (Lipinski definition) is 1. The fourth-order valence-electron chi connectivity index (χ4n) is 4.41. The van der Waals surface area contributed by atoms with Gasteiger partial charge in [0.1, 0.15) is 0 Å². The summed E-state index contributed by atoms with van der Waals surface area (Å²) in [6.45, 7) is 11.4. The molecular formula is C17H36N2O2. The smallest absolute Gasteiger partial charge is 0.0589 e. The highest BCUT2D eigenvalue weighted by atomic mass is 16.5. The van der Waals surface area contributed by atoms with Crippen LogP contribution in [0, 0.1) is 11.3 Å². The quantitative estimate of drug-likeness (QED) is 0.665. The van der Waals surface area contributed by atoms with Gasteiger partial charge in [0, 0.05) is 46.0 Å². The topological polar surface area (TPSA) is 47.7 Å². The van der Waals surface area contributed by atoms with E-state index in [0.717, 1.165) is 45.2 Å². The van der Waals surface area contributed by atoms with E-state index in [1.54, 1.807) is 14.2 Å². The van der Waals surface area contributed by atoms with Gasteiger partial charge in [-0.05, 0) is 37.0 Å². The first-order valence-corrected chi connectivity index (χ1v) is 8.32. The summed E-state index contributed by atoms with van der Waals surface area (Å²) in [4.78, 5) is 2.58. The third-order valence-electron chi connectivity index (χ3n) is 4.83.